The van der Waals surface area contributed by atoms with Gasteiger partial charge in [0.15, 0.2) is 0 Å². The Kier molecular flexibility index (Phi) is 6.77. The summed E-state index contributed by atoms with van der Waals surface area (Å²) in [5, 5.41) is 2.95. The number of carbonyl (C=O) groups excluding carboxylic acids is 2. The van der Waals surface area contributed by atoms with Crippen molar-refractivity contribution in [2.75, 3.05) is 0 Å². The second kappa shape index (κ2) is 8.10. The normalized spacial score (nSPS) is 15.1. The van der Waals surface area contributed by atoms with Gasteiger partial charge in [0.05, 0.1) is 0 Å². The highest BCUT2D eigenvalue weighted by molar-refractivity contribution is 6.73. The highest BCUT2D eigenvalue weighted by atomic mass is 28.4. The summed E-state index contributed by atoms with van der Waals surface area (Å²) in [6, 6.07) is 9.28. The van der Waals surface area contributed by atoms with Gasteiger partial charge in [0.2, 0.25) is 14.2 Å². The summed E-state index contributed by atoms with van der Waals surface area (Å²) >= 11 is 0. The third kappa shape index (κ3) is 5.99. The SMILES string of the molecule is CC(C)CC(NC(=O)c1ccccc1)[Si](C)(O)CCC(N)=O. The molecule has 5 nitrogen and oxygen atoms in total. The Morgan fingerprint density at radius 3 is 2.36 bits per heavy atom. The van der Waals surface area contributed by atoms with E-state index in [1.54, 1.807) is 30.8 Å². The zero-order valence-corrected chi connectivity index (χ0v) is 14.5. The summed E-state index contributed by atoms with van der Waals surface area (Å²) in [4.78, 5) is 34.1. The molecule has 0 heterocycles. The van der Waals surface area contributed by atoms with E-state index in [-0.39, 0.29) is 18.0 Å². The van der Waals surface area contributed by atoms with E-state index in [1.807, 2.05) is 19.9 Å². The highest BCUT2D eigenvalue weighted by Crippen LogP contribution is 2.20. The first-order valence-corrected chi connectivity index (χ1v) is 10.3. The Morgan fingerprint density at radius 1 is 1.27 bits per heavy atom. The van der Waals surface area contributed by atoms with E-state index in [0.29, 0.717) is 23.9 Å². The van der Waals surface area contributed by atoms with Crippen molar-refractivity contribution in [2.45, 2.75) is 44.9 Å². The van der Waals surface area contributed by atoms with Gasteiger partial charge in [0.25, 0.3) is 5.91 Å². The fourth-order valence-corrected chi connectivity index (χ4v) is 4.84. The van der Waals surface area contributed by atoms with Gasteiger partial charge in [0.1, 0.15) is 0 Å². The standard InChI is InChI=1S/C16H26N2O3Si/c1-12(2)11-15(22(3,21)10-9-14(17)19)18-16(20)13-7-5-4-6-8-13/h4-8,12,15,21H,9-11H2,1-3H3,(H2,17,19)(H,18,20). The predicted octanol–water partition coefficient (Wildman–Crippen LogP) is 1.81. The first-order valence-electron chi connectivity index (χ1n) is 7.59. The average molecular weight is 322 g/mol. The van der Waals surface area contributed by atoms with Crippen LogP contribution in [-0.2, 0) is 4.79 Å². The number of nitrogens with two attached hydrogens (primary N) is 1. The van der Waals surface area contributed by atoms with Gasteiger partial charge in [-0.1, -0.05) is 32.0 Å². The van der Waals surface area contributed by atoms with E-state index in [4.69, 9.17) is 5.73 Å². The molecule has 0 aliphatic heterocycles. The molecule has 0 aliphatic rings. The number of amides is 2. The van der Waals surface area contributed by atoms with Gasteiger partial charge in [-0.3, -0.25) is 9.59 Å². The summed E-state index contributed by atoms with van der Waals surface area (Å²) in [6.07, 6.45) is 0.825. The Labute approximate surface area is 133 Å². The first-order chi connectivity index (χ1) is 10.2. The van der Waals surface area contributed by atoms with Crippen molar-refractivity contribution in [3.8, 4) is 0 Å². The van der Waals surface area contributed by atoms with Gasteiger partial charge in [0, 0.05) is 17.6 Å². The maximum Gasteiger partial charge on any atom is 0.251 e. The van der Waals surface area contributed by atoms with Crippen LogP contribution in [0.3, 0.4) is 0 Å². The molecular weight excluding hydrogens is 296 g/mol. The van der Waals surface area contributed by atoms with Gasteiger partial charge in [-0.05, 0) is 37.1 Å². The summed E-state index contributed by atoms with van der Waals surface area (Å²) in [6.45, 7) is 5.86. The molecule has 0 aromatic heterocycles. The van der Waals surface area contributed by atoms with Crippen molar-refractivity contribution in [2.24, 2.45) is 11.7 Å². The Hall–Kier alpha value is -1.66. The third-order valence-corrected chi connectivity index (χ3v) is 6.82. The molecule has 2 unspecified atom stereocenters. The maximum atomic E-state index is 12.3. The van der Waals surface area contributed by atoms with E-state index in [9.17, 15) is 14.4 Å². The number of rotatable bonds is 8. The molecular formula is C16H26N2O3Si. The molecule has 2 atom stereocenters. The molecule has 0 radical (unpaired) electrons. The number of carbonyl (C=O) groups is 2. The van der Waals surface area contributed by atoms with Crippen molar-refractivity contribution in [1.82, 2.24) is 5.32 Å². The molecule has 0 bridgehead atoms. The van der Waals surface area contributed by atoms with Crippen LogP contribution in [0.1, 0.15) is 37.0 Å². The number of benzene rings is 1. The predicted molar refractivity (Wildman–Crippen MR) is 89.6 cm³/mol. The van der Waals surface area contributed by atoms with Crippen molar-refractivity contribution in [3.63, 3.8) is 0 Å². The molecule has 22 heavy (non-hydrogen) atoms. The summed E-state index contributed by atoms with van der Waals surface area (Å²) < 4.78 is 0. The number of hydrogen-bond donors (Lipinski definition) is 3. The van der Waals surface area contributed by atoms with E-state index in [1.165, 1.54) is 0 Å². The lowest BCUT2D eigenvalue weighted by molar-refractivity contribution is -0.117. The summed E-state index contributed by atoms with van der Waals surface area (Å²) in [5.41, 5.74) is 5.44. The van der Waals surface area contributed by atoms with Crippen LogP contribution in [0.2, 0.25) is 12.6 Å². The van der Waals surface area contributed by atoms with Crippen molar-refractivity contribution in [3.05, 3.63) is 35.9 Å². The van der Waals surface area contributed by atoms with Gasteiger partial charge in [-0.25, -0.2) is 0 Å². The van der Waals surface area contributed by atoms with Crippen molar-refractivity contribution in [1.29, 1.82) is 0 Å². The van der Waals surface area contributed by atoms with Gasteiger partial charge in [-0.15, -0.1) is 0 Å². The summed E-state index contributed by atoms with van der Waals surface area (Å²) in [5.74, 6) is -0.294. The molecule has 6 heteroatoms. The van der Waals surface area contributed by atoms with Gasteiger partial charge >= 0.3 is 0 Å². The van der Waals surface area contributed by atoms with Crippen LogP contribution in [0.4, 0.5) is 0 Å². The molecule has 2 amide bonds. The minimum atomic E-state index is -2.79. The smallest absolute Gasteiger partial charge is 0.251 e. The zero-order chi connectivity index (χ0) is 16.8. The summed E-state index contributed by atoms with van der Waals surface area (Å²) in [7, 11) is -2.79. The Morgan fingerprint density at radius 2 is 1.86 bits per heavy atom. The largest absolute Gasteiger partial charge is 0.430 e. The molecule has 0 spiro atoms. The van der Waals surface area contributed by atoms with Gasteiger partial charge in [-0.2, -0.15) is 0 Å². The van der Waals surface area contributed by atoms with Gasteiger partial charge < -0.3 is 15.8 Å². The molecule has 1 aromatic rings. The highest BCUT2D eigenvalue weighted by Gasteiger charge is 2.37. The fourth-order valence-electron chi connectivity index (χ4n) is 2.32. The van der Waals surface area contributed by atoms with Crippen LogP contribution in [0.25, 0.3) is 0 Å². The molecule has 0 aliphatic carbocycles. The number of hydrogen-bond acceptors (Lipinski definition) is 3. The third-order valence-electron chi connectivity index (χ3n) is 3.68. The van der Waals surface area contributed by atoms with E-state index in [0.717, 1.165) is 0 Å². The molecule has 1 aromatic carbocycles. The zero-order valence-electron chi connectivity index (χ0n) is 13.5. The lowest BCUT2D eigenvalue weighted by atomic mass is 10.1. The first kappa shape index (κ1) is 18.4. The van der Waals surface area contributed by atoms with Crippen molar-refractivity contribution >= 4 is 20.1 Å². The fraction of sp³-hybridized carbons (Fsp3) is 0.500. The number of nitrogens with one attached hydrogen (secondary N) is 1. The Bertz CT molecular complexity index is 503. The van der Waals surface area contributed by atoms with Crippen LogP contribution in [0, 0.1) is 5.92 Å². The Balaban J connectivity index is 2.83. The van der Waals surface area contributed by atoms with Crippen LogP contribution in [0.5, 0.6) is 0 Å². The minimum absolute atomic E-state index is 0.148. The lowest BCUT2D eigenvalue weighted by Crippen LogP contribution is -2.55. The molecule has 0 saturated heterocycles. The van der Waals surface area contributed by atoms with Crippen LogP contribution in [0.15, 0.2) is 30.3 Å². The molecule has 0 saturated carbocycles. The quantitative estimate of drug-likeness (QED) is 0.637. The molecule has 4 N–H and O–H groups in total. The molecule has 0 fully saturated rings. The lowest BCUT2D eigenvalue weighted by Gasteiger charge is -2.32. The maximum absolute atomic E-state index is 12.3. The van der Waals surface area contributed by atoms with Crippen LogP contribution < -0.4 is 11.1 Å². The second-order valence-corrected chi connectivity index (χ2v) is 10.3. The average Bonchev–Trinajstić information content (AvgIpc) is 2.45. The van der Waals surface area contributed by atoms with Crippen LogP contribution in [-0.4, -0.2) is 30.6 Å². The topological polar surface area (TPSA) is 92.4 Å². The molecule has 122 valence electrons. The van der Waals surface area contributed by atoms with E-state index < -0.39 is 14.2 Å². The van der Waals surface area contributed by atoms with Crippen LogP contribution >= 0.6 is 0 Å². The monoisotopic (exact) mass is 322 g/mol. The number of primary amides is 1. The minimum Gasteiger partial charge on any atom is -0.430 e. The van der Waals surface area contributed by atoms with E-state index in [2.05, 4.69) is 5.32 Å². The molecule has 1 rings (SSSR count). The van der Waals surface area contributed by atoms with Crippen molar-refractivity contribution < 1.29 is 14.4 Å². The van der Waals surface area contributed by atoms with E-state index >= 15 is 0 Å². The second-order valence-electron chi connectivity index (χ2n) is 6.35.